The first-order chi connectivity index (χ1) is 11.8. The van der Waals surface area contributed by atoms with E-state index in [-0.39, 0.29) is 12.1 Å². The molecule has 0 aliphatic rings. The third kappa shape index (κ3) is 6.02. The molecule has 0 aliphatic heterocycles. The minimum atomic E-state index is -0.479. The van der Waals surface area contributed by atoms with Gasteiger partial charge in [-0.15, -0.1) is 0 Å². The average molecular weight is 343 g/mol. The first-order valence-corrected chi connectivity index (χ1v) is 8.84. The van der Waals surface area contributed by atoms with Crippen LogP contribution in [0.25, 0.3) is 10.9 Å². The second-order valence-electron chi connectivity index (χ2n) is 7.31. The van der Waals surface area contributed by atoms with Gasteiger partial charge in [-0.3, -0.25) is 4.98 Å². The third-order valence-electron chi connectivity index (χ3n) is 3.90. The third-order valence-corrected chi connectivity index (χ3v) is 3.90. The number of rotatable bonds is 6. The number of alkyl carbamates (subject to hydrolysis) is 1. The quantitative estimate of drug-likeness (QED) is 0.834. The fourth-order valence-corrected chi connectivity index (χ4v) is 2.68. The molecule has 0 bridgehead atoms. The number of carbonyl (C=O) groups excluding carboxylic acids is 1. The van der Waals surface area contributed by atoms with Crippen LogP contribution in [-0.2, 0) is 11.3 Å². The fourth-order valence-electron chi connectivity index (χ4n) is 2.68. The number of amides is 1. The molecule has 1 aromatic carbocycles. The Bertz CT molecular complexity index is 722. The lowest BCUT2D eigenvalue weighted by molar-refractivity contribution is 0.0522. The number of nitrogens with one attached hydrogen (secondary N) is 2. The Hall–Kier alpha value is -2.14. The molecule has 1 atom stereocenters. The smallest absolute Gasteiger partial charge is 0.407 e. The van der Waals surface area contributed by atoms with E-state index in [1.165, 1.54) is 5.56 Å². The van der Waals surface area contributed by atoms with E-state index in [0.717, 1.165) is 29.6 Å². The predicted molar refractivity (Wildman–Crippen MR) is 102 cm³/mol. The number of fused-ring (bicyclic) bond motifs is 1. The molecular formula is C20H29N3O2. The van der Waals surface area contributed by atoms with E-state index in [0.29, 0.717) is 6.54 Å². The van der Waals surface area contributed by atoms with Crippen molar-refractivity contribution < 1.29 is 9.53 Å². The largest absolute Gasteiger partial charge is 0.444 e. The summed E-state index contributed by atoms with van der Waals surface area (Å²) in [5.41, 5.74) is 2.76. The van der Waals surface area contributed by atoms with Gasteiger partial charge in [0.1, 0.15) is 5.60 Å². The van der Waals surface area contributed by atoms with Crippen LogP contribution in [0.2, 0.25) is 0 Å². The second kappa shape index (κ2) is 8.30. The molecule has 1 heterocycles. The van der Waals surface area contributed by atoms with Gasteiger partial charge in [0, 0.05) is 30.2 Å². The van der Waals surface area contributed by atoms with Crippen LogP contribution in [0.1, 0.15) is 45.4 Å². The van der Waals surface area contributed by atoms with Crippen LogP contribution in [0.4, 0.5) is 4.79 Å². The Kier molecular flexibility index (Phi) is 6.37. The first kappa shape index (κ1) is 19.2. The normalized spacial score (nSPS) is 12.8. The summed E-state index contributed by atoms with van der Waals surface area (Å²) in [6.07, 6.45) is 0.538. The van der Waals surface area contributed by atoms with Gasteiger partial charge in [0.25, 0.3) is 0 Å². The van der Waals surface area contributed by atoms with Crippen LogP contribution in [0.3, 0.4) is 0 Å². The SMILES string of the molecule is CCC(CNC(=O)OC(C)(C)C)NCc1cc(C)nc2ccccc12. The summed E-state index contributed by atoms with van der Waals surface area (Å²) in [5.74, 6) is 0. The molecule has 1 amide bonds. The van der Waals surface area contributed by atoms with E-state index in [1.807, 2.05) is 45.9 Å². The lowest BCUT2D eigenvalue weighted by Gasteiger charge is -2.22. The van der Waals surface area contributed by atoms with Gasteiger partial charge in [-0.25, -0.2) is 4.79 Å². The Labute approximate surface area is 150 Å². The number of para-hydroxylation sites is 1. The minimum Gasteiger partial charge on any atom is -0.444 e. The molecule has 2 N–H and O–H groups in total. The zero-order chi connectivity index (χ0) is 18.4. The van der Waals surface area contributed by atoms with E-state index >= 15 is 0 Å². The van der Waals surface area contributed by atoms with Crippen molar-refractivity contribution >= 4 is 17.0 Å². The lowest BCUT2D eigenvalue weighted by Crippen LogP contribution is -2.42. The Morgan fingerprint density at radius 3 is 2.68 bits per heavy atom. The van der Waals surface area contributed by atoms with Crippen molar-refractivity contribution in [3.05, 3.63) is 41.6 Å². The van der Waals surface area contributed by atoms with Gasteiger partial charge >= 0.3 is 6.09 Å². The standard InChI is InChI=1S/C20H29N3O2/c1-6-16(13-22-19(24)25-20(3,4)5)21-12-15-11-14(2)23-18-10-8-7-9-17(15)18/h7-11,16,21H,6,12-13H2,1-5H3,(H,22,24). The molecule has 0 aliphatic carbocycles. The van der Waals surface area contributed by atoms with Crippen molar-refractivity contribution in [1.29, 1.82) is 0 Å². The van der Waals surface area contributed by atoms with E-state index < -0.39 is 5.60 Å². The molecule has 136 valence electrons. The zero-order valence-corrected chi connectivity index (χ0v) is 15.8. The second-order valence-corrected chi connectivity index (χ2v) is 7.31. The van der Waals surface area contributed by atoms with Crippen LogP contribution in [0, 0.1) is 6.92 Å². The molecule has 1 unspecified atom stereocenters. The van der Waals surface area contributed by atoms with Crippen molar-refractivity contribution in [1.82, 2.24) is 15.6 Å². The highest BCUT2D eigenvalue weighted by atomic mass is 16.6. The van der Waals surface area contributed by atoms with Crippen molar-refractivity contribution in [2.45, 2.75) is 59.2 Å². The minimum absolute atomic E-state index is 0.180. The summed E-state index contributed by atoms with van der Waals surface area (Å²) in [4.78, 5) is 16.4. The van der Waals surface area contributed by atoms with Gasteiger partial charge in [0.2, 0.25) is 0 Å². The average Bonchev–Trinajstić information content (AvgIpc) is 2.53. The molecule has 0 saturated heterocycles. The number of aryl methyl sites for hydroxylation is 1. The summed E-state index contributed by atoms with van der Waals surface area (Å²) in [5, 5.41) is 7.53. The van der Waals surface area contributed by atoms with Crippen molar-refractivity contribution in [2.24, 2.45) is 0 Å². The molecule has 1 aromatic heterocycles. The van der Waals surface area contributed by atoms with Crippen molar-refractivity contribution in [3.63, 3.8) is 0 Å². The summed E-state index contributed by atoms with van der Waals surface area (Å²) in [6.45, 7) is 11.0. The predicted octanol–water partition coefficient (Wildman–Crippen LogP) is 3.94. The highest BCUT2D eigenvalue weighted by molar-refractivity contribution is 5.82. The molecule has 5 heteroatoms. The molecule has 0 fully saturated rings. The maximum absolute atomic E-state index is 11.8. The molecule has 25 heavy (non-hydrogen) atoms. The Morgan fingerprint density at radius 1 is 1.28 bits per heavy atom. The van der Waals surface area contributed by atoms with E-state index in [4.69, 9.17) is 4.74 Å². The van der Waals surface area contributed by atoms with Gasteiger partial charge in [-0.05, 0) is 51.8 Å². The zero-order valence-electron chi connectivity index (χ0n) is 15.8. The van der Waals surface area contributed by atoms with Gasteiger partial charge in [0.05, 0.1) is 5.52 Å². The monoisotopic (exact) mass is 343 g/mol. The first-order valence-electron chi connectivity index (χ1n) is 8.84. The molecule has 5 nitrogen and oxygen atoms in total. The van der Waals surface area contributed by atoms with E-state index in [2.05, 4.69) is 34.7 Å². The van der Waals surface area contributed by atoms with Crippen molar-refractivity contribution in [2.75, 3.05) is 6.54 Å². The number of nitrogens with zero attached hydrogens (tertiary/aromatic N) is 1. The number of hydrogen-bond donors (Lipinski definition) is 2. The van der Waals surface area contributed by atoms with Gasteiger partial charge < -0.3 is 15.4 Å². The molecule has 0 saturated carbocycles. The number of carbonyl (C=O) groups is 1. The molecule has 0 spiro atoms. The fraction of sp³-hybridized carbons (Fsp3) is 0.500. The topological polar surface area (TPSA) is 63.2 Å². The summed E-state index contributed by atoms with van der Waals surface area (Å²) >= 11 is 0. The van der Waals surface area contributed by atoms with Gasteiger partial charge in [-0.1, -0.05) is 25.1 Å². The molecule has 2 rings (SSSR count). The number of ether oxygens (including phenoxy) is 1. The maximum atomic E-state index is 11.8. The number of hydrogen-bond acceptors (Lipinski definition) is 4. The summed E-state index contributed by atoms with van der Waals surface area (Å²) in [7, 11) is 0. The van der Waals surface area contributed by atoms with Crippen LogP contribution < -0.4 is 10.6 Å². The van der Waals surface area contributed by atoms with Crippen LogP contribution in [0.5, 0.6) is 0 Å². The highest BCUT2D eigenvalue weighted by Gasteiger charge is 2.17. The van der Waals surface area contributed by atoms with Crippen molar-refractivity contribution in [3.8, 4) is 0 Å². The molecule has 0 radical (unpaired) electrons. The molecular weight excluding hydrogens is 314 g/mol. The number of pyridine rings is 1. The van der Waals surface area contributed by atoms with Crippen LogP contribution in [-0.4, -0.2) is 29.3 Å². The molecule has 2 aromatic rings. The van der Waals surface area contributed by atoms with E-state index in [1.54, 1.807) is 0 Å². The Balaban J connectivity index is 1.96. The number of aromatic nitrogens is 1. The van der Waals surface area contributed by atoms with Gasteiger partial charge in [-0.2, -0.15) is 0 Å². The lowest BCUT2D eigenvalue weighted by atomic mass is 10.1. The Morgan fingerprint density at radius 2 is 2.00 bits per heavy atom. The maximum Gasteiger partial charge on any atom is 0.407 e. The summed E-state index contributed by atoms with van der Waals surface area (Å²) in [6, 6.07) is 10.5. The van der Waals surface area contributed by atoms with E-state index in [9.17, 15) is 4.79 Å². The summed E-state index contributed by atoms with van der Waals surface area (Å²) < 4.78 is 5.28. The van der Waals surface area contributed by atoms with Gasteiger partial charge in [0.15, 0.2) is 0 Å². The number of benzene rings is 1. The highest BCUT2D eigenvalue weighted by Crippen LogP contribution is 2.18. The van der Waals surface area contributed by atoms with Crippen LogP contribution >= 0.6 is 0 Å². The van der Waals surface area contributed by atoms with Crippen LogP contribution in [0.15, 0.2) is 30.3 Å².